The predicted octanol–water partition coefficient (Wildman–Crippen LogP) is 3.03. The molecule has 0 spiro atoms. The van der Waals surface area contributed by atoms with Gasteiger partial charge in [-0.05, 0) is 11.1 Å². The van der Waals surface area contributed by atoms with Crippen LogP contribution in [0.1, 0.15) is 17.2 Å². The number of hydrogen-bond donors (Lipinski definition) is 1. The number of hydrogen-bond acceptors (Lipinski definition) is 9. The molecule has 204 valence electrons. The van der Waals surface area contributed by atoms with Crippen molar-refractivity contribution in [3.8, 4) is 0 Å². The number of aldehydes is 1. The molecule has 2 aliphatic heterocycles. The SMILES string of the molecule is C=CC1(C(=O)OC(c2ccccc2)c2ccccc2)CS[C@@H]2C(N(C(=O)C=O)c3csc(NC=O)n3)C(=O)N2C1. The first kappa shape index (κ1) is 27.3. The zero-order valence-corrected chi connectivity index (χ0v) is 22.7. The van der Waals surface area contributed by atoms with Crippen molar-refractivity contribution in [2.75, 3.05) is 22.5 Å². The van der Waals surface area contributed by atoms with Gasteiger partial charge in [0.1, 0.15) is 22.6 Å². The highest BCUT2D eigenvalue weighted by atomic mass is 32.2. The van der Waals surface area contributed by atoms with E-state index in [1.165, 1.54) is 28.1 Å². The van der Waals surface area contributed by atoms with Gasteiger partial charge in [0.2, 0.25) is 18.6 Å². The van der Waals surface area contributed by atoms with E-state index in [9.17, 15) is 24.0 Å². The van der Waals surface area contributed by atoms with E-state index in [1.807, 2.05) is 60.7 Å². The number of nitrogens with one attached hydrogen (secondary N) is 1. The zero-order chi connectivity index (χ0) is 28.3. The number of nitrogens with zero attached hydrogens (tertiary/aromatic N) is 3. The zero-order valence-electron chi connectivity index (χ0n) is 21.0. The Labute approximate surface area is 238 Å². The molecular formula is C28H24N4O6S2. The Morgan fingerprint density at radius 2 is 1.77 bits per heavy atom. The molecule has 40 heavy (non-hydrogen) atoms. The molecule has 0 radical (unpaired) electrons. The molecule has 2 aliphatic rings. The number of esters is 1. The van der Waals surface area contributed by atoms with E-state index in [0.29, 0.717) is 6.41 Å². The number of thiazole rings is 1. The predicted molar refractivity (Wildman–Crippen MR) is 151 cm³/mol. The number of amides is 3. The Hall–Kier alpha value is -4.29. The van der Waals surface area contributed by atoms with Gasteiger partial charge in [-0.25, -0.2) is 4.98 Å². The molecule has 2 fully saturated rings. The molecule has 0 bridgehead atoms. The van der Waals surface area contributed by atoms with Gasteiger partial charge in [0, 0.05) is 17.7 Å². The summed E-state index contributed by atoms with van der Waals surface area (Å²) < 4.78 is 6.11. The van der Waals surface area contributed by atoms with Gasteiger partial charge < -0.3 is 15.0 Å². The van der Waals surface area contributed by atoms with Gasteiger partial charge in [-0.1, -0.05) is 66.7 Å². The van der Waals surface area contributed by atoms with E-state index >= 15 is 0 Å². The van der Waals surface area contributed by atoms with Gasteiger partial charge in [-0.2, -0.15) is 0 Å². The van der Waals surface area contributed by atoms with Crippen LogP contribution in [0.25, 0.3) is 0 Å². The summed E-state index contributed by atoms with van der Waals surface area (Å²) in [5.74, 6) is -1.57. The number of carbonyl (C=O) groups excluding carboxylic acids is 5. The lowest BCUT2D eigenvalue weighted by molar-refractivity contribution is -0.161. The van der Waals surface area contributed by atoms with Gasteiger partial charge in [-0.3, -0.25) is 28.9 Å². The normalized spacial score (nSPS) is 21.5. The first-order valence-corrected chi connectivity index (χ1v) is 14.2. The average molecular weight is 577 g/mol. The minimum atomic E-state index is -1.19. The number of aromatic nitrogens is 1. The van der Waals surface area contributed by atoms with Crippen LogP contribution in [0.5, 0.6) is 0 Å². The Morgan fingerprint density at radius 3 is 2.35 bits per heavy atom. The molecule has 2 saturated heterocycles. The van der Waals surface area contributed by atoms with Crippen LogP contribution in [0.15, 0.2) is 78.7 Å². The lowest BCUT2D eigenvalue weighted by Crippen LogP contribution is -2.74. The van der Waals surface area contributed by atoms with E-state index in [4.69, 9.17) is 4.74 Å². The van der Waals surface area contributed by atoms with Crippen molar-refractivity contribution in [2.24, 2.45) is 5.41 Å². The quantitative estimate of drug-likeness (QED) is 0.128. The molecule has 2 unspecified atom stereocenters. The third-order valence-corrected chi connectivity index (χ3v) is 9.14. The van der Waals surface area contributed by atoms with Crippen molar-refractivity contribution >= 4 is 64.5 Å². The molecule has 3 amide bonds. The van der Waals surface area contributed by atoms with Crippen LogP contribution in [0, 0.1) is 5.41 Å². The Kier molecular flexibility index (Phi) is 7.81. The lowest BCUT2D eigenvalue weighted by Gasteiger charge is -2.55. The Morgan fingerprint density at radius 1 is 1.12 bits per heavy atom. The van der Waals surface area contributed by atoms with E-state index < -0.39 is 40.7 Å². The number of benzene rings is 2. The molecule has 1 aromatic heterocycles. The highest BCUT2D eigenvalue weighted by Gasteiger charge is 2.59. The third kappa shape index (κ3) is 4.91. The van der Waals surface area contributed by atoms with Crippen LogP contribution < -0.4 is 10.2 Å². The molecule has 0 aliphatic carbocycles. The highest BCUT2D eigenvalue weighted by Crippen LogP contribution is 2.46. The number of carbonyl (C=O) groups is 5. The van der Waals surface area contributed by atoms with Gasteiger partial charge in [0.25, 0.3) is 5.91 Å². The van der Waals surface area contributed by atoms with Gasteiger partial charge >= 0.3 is 5.97 Å². The van der Waals surface area contributed by atoms with Gasteiger partial charge in [-0.15, -0.1) is 29.7 Å². The van der Waals surface area contributed by atoms with Crippen molar-refractivity contribution in [1.29, 1.82) is 0 Å². The maximum atomic E-state index is 13.7. The first-order chi connectivity index (χ1) is 19.4. The fourth-order valence-corrected chi connectivity index (χ4v) is 6.98. The van der Waals surface area contributed by atoms with E-state index in [2.05, 4.69) is 16.9 Å². The van der Waals surface area contributed by atoms with E-state index in [1.54, 1.807) is 0 Å². The maximum absolute atomic E-state index is 13.7. The van der Waals surface area contributed by atoms with Crippen LogP contribution in [-0.4, -0.2) is 64.1 Å². The fraction of sp³-hybridized carbons (Fsp3) is 0.214. The summed E-state index contributed by atoms with van der Waals surface area (Å²) in [4.78, 5) is 68.6. The van der Waals surface area contributed by atoms with E-state index in [0.717, 1.165) is 27.4 Å². The second-order valence-corrected chi connectivity index (χ2v) is 11.1. The lowest BCUT2D eigenvalue weighted by atomic mass is 9.86. The summed E-state index contributed by atoms with van der Waals surface area (Å²) in [7, 11) is 0. The number of β-lactam (4-membered cyclic amide) rings is 1. The molecule has 1 N–H and O–H groups in total. The number of ether oxygens (including phenoxy) is 1. The van der Waals surface area contributed by atoms with Crippen LogP contribution in [0.3, 0.4) is 0 Å². The summed E-state index contributed by atoms with van der Waals surface area (Å²) in [6.45, 7) is 3.91. The minimum Gasteiger partial charge on any atom is -0.452 e. The maximum Gasteiger partial charge on any atom is 0.319 e. The largest absolute Gasteiger partial charge is 0.452 e. The molecular weight excluding hydrogens is 552 g/mol. The topological polar surface area (TPSA) is 126 Å². The monoisotopic (exact) mass is 576 g/mol. The summed E-state index contributed by atoms with van der Waals surface area (Å²) in [5.41, 5.74) is 0.417. The van der Waals surface area contributed by atoms with Crippen molar-refractivity contribution in [2.45, 2.75) is 17.5 Å². The molecule has 0 saturated carbocycles. The van der Waals surface area contributed by atoms with Crippen LogP contribution in [0.4, 0.5) is 10.9 Å². The van der Waals surface area contributed by atoms with Gasteiger partial charge in [0.15, 0.2) is 11.2 Å². The first-order valence-electron chi connectivity index (χ1n) is 12.2. The summed E-state index contributed by atoms with van der Waals surface area (Å²) in [5, 5.41) is 3.57. The van der Waals surface area contributed by atoms with Crippen molar-refractivity contribution in [3.63, 3.8) is 0 Å². The van der Waals surface area contributed by atoms with Crippen molar-refractivity contribution in [3.05, 3.63) is 89.8 Å². The van der Waals surface area contributed by atoms with Gasteiger partial charge in [0.05, 0.1) is 0 Å². The number of anilines is 2. The van der Waals surface area contributed by atoms with Crippen LogP contribution in [-0.2, 0) is 28.7 Å². The molecule has 12 heteroatoms. The van der Waals surface area contributed by atoms with Crippen molar-refractivity contribution < 1.29 is 28.7 Å². The number of thioether (sulfide) groups is 1. The van der Waals surface area contributed by atoms with Crippen LogP contribution >= 0.6 is 23.1 Å². The summed E-state index contributed by atoms with van der Waals surface area (Å²) in [6.07, 6.45) is 1.41. The Balaban J connectivity index is 1.37. The molecule has 3 heterocycles. The molecule has 5 rings (SSSR count). The van der Waals surface area contributed by atoms with Crippen molar-refractivity contribution in [1.82, 2.24) is 9.88 Å². The Bertz CT molecular complexity index is 1410. The molecule has 3 aromatic rings. The standard InChI is InChI=1S/C28H24N4O6S2/c1-2-28(26(37)38-23(18-9-5-3-6-10-18)19-11-7-4-8-12-19)15-31-24(36)22(25(31)40-16-28)32(21(35)13-33)20-14-39-27(30-20)29-17-34/h2-14,17,22-23,25H,1,15-16H2,(H,29,30,34)/t22?,25-,28?/m1/s1. The summed E-state index contributed by atoms with van der Waals surface area (Å²) >= 11 is 2.35. The number of fused-ring (bicyclic) bond motifs is 1. The second kappa shape index (κ2) is 11.4. The minimum absolute atomic E-state index is 0.0107. The average Bonchev–Trinajstić information content (AvgIpc) is 3.46. The van der Waals surface area contributed by atoms with E-state index in [-0.39, 0.29) is 29.5 Å². The molecule has 10 nitrogen and oxygen atoms in total. The fourth-order valence-electron chi connectivity index (χ4n) is 4.76. The third-order valence-electron chi connectivity index (χ3n) is 6.84. The highest BCUT2D eigenvalue weighted by molar-refractivity contribution is 8.00. The molecule has 3 atom stereocenters. The summed E-state index contributed by atoms with van der Waals surface area (Å²) in [6, 6.07) is 17.8. The molecule has 2 aromatic carbocycles. The smallest absolute Gasteiger partial charge is 0.319 e. The van der Waals surface area contributed by atoms with Crippen LogP contribution in [0.2, 0.25) is 0 Å². The number of rotatable bonds is 10. The second-order valence-electron chi connectivity index (χ2n) is 9.18.